The zero-order chi connectivity index (χ0) is 39.3. The van der Waals surface area contributed by atoms with E-state index in [0.29, 0.717) is 5.92 Å². The standard InChI is InChI=1S/C57H41NO/c1-38-15-5-7-21-47(38)44-33-43(39-16-3-2-4-17-39)35-46(36-44)58(55-27-11-9-23-50(55)42-30-32-54-53-24-10-12-28-56(53)59-57(54)37-42)45-20-13-19-41(34-45)49-25-14-26-51-48-22-8-6-18-40(48)29-31-52(49)51/h2-14,16-38H,15H2,1H3. The van der Waals surface area contributed by atoms with E-state index in [2.05, 4.69) is 212 Å². The first-order chi connectivity index (χ1) is 29.2. The van der Waals surface area contributed by atoms with Gasteiger partial charge in [0.1, 0.15) is 11.2 Å². The molecule has 0 bridgehead atoms. The summed E-state index contributed by atoms with van der Waals surface area (Å²) in [5.74, 6) is 0.404. The molecule has 0 radical (unpaired) electrons. The van der Waals surface area contributed by atoms with Gasteiger partial charge >= 0.3 is 0 Å². The van der Waals surface area contributed by atoms with Gasteiger partial charge in [0.25, 0.3) is 0 Å². The molecule has 2 nitrogen and oxygen atoms in total. The number of rotatable bonds is 7. The van der Waals surface area contributed by atoms with Crippen molar-refractivity contribution < 1.29 is 4.42 Å². The quantitative estimate of drug-likeness (QED) is 0.151. The van der Waals surface area contributed by atoms with E-state index in [1.54, 1.807) is 0 Å². The summed E-state index contributed by atoms with van der Waals surface area (Å²) in [5, 5.41) is 7.28. The van der Waals surface area contributed by atoms with E-state index in [4.69, 9.17) is 4.42 Å². The van der Waals surface area contributed by atoms with Gasteiger partial charge in [-0.05, 0) is 127 Å². The number of para-hydroxylation sites is 2. The van der Waals surface area contributed by atoms with Crippen molar-refractivity contribution in [2.75, 3.05) is 4.90 Å². The highest BCUT2D eigenvalue weighted by Crippen LogP contribution is 2.46. The van der Waals surface area contributed by atoms with E-state index in [0.717, 1.165) is 56.5 Å². The van der Waals surface area contributed by atoms with Gasteiger partial charge in [-0.25, -0.2) is 0 Å². The van der Waals surface area contributed by atoms with Gasteiger partial charge in [0.05, 0.1) is 5.69 Å². The fraction of sp³-hybridized carbons (Fsp3) is 0.0526. The molecule has 11 rings (SSSR count). The summed E-state index contributed by atoms with van der Waals surface area (Å²) in [4.78, 5) is 2.46. The molecular formula is C57H41NO. The summed E-state index contributed by atoms with van der Waals surface area (Å²) in [5.41, 5.74) is 14.6. The van der Waals surface area contributed by atoms with Crippen LogP contribution in [-0.4, -0.2) is 0 Å². The molecule has 1 atom stereocenters. The van der Waals surface area contributed by atoms with Crippen molar-refractivity contribution in [3.63, 3.8) is 0 Å². The molecule has 0 saturated heterocycles. The second kappa shape index (κ2) is 14.5. The van der Waals surface area contributed by atoms with Crippen LogP contribution in [0.25, 0.3) is 82.4 Å². The molecule has 0 aliphatic heterocycles. The van der Waals surface area contributed by atoms with Gasteiger partial charge in [0.2, 0.25) is 0 Å². The van der Waals surface area contributed by atoms with Crippen LogP contribution in [0.2, 0.25) is 0 Å². The maximum absolute atomic E-state index is 6.44. The third-order valence-electron chi connectivity index (χ3n) is 12.1. The summed E-state index contributed by atoms with van der Waals surface area (Å²) in [7, 11) is 0. The molecule has 0 N–H and O–H groups in total. The van der Waals surface area contributed by atoms with Crippen LogP contribution in [0.4, 0.5) is 17.1 Å². The smallest absolute Gasteiger partial charge is 0.136 e. The van der Waals surface area contributed by atoms with Crippen LogP contribution in [0.5, 0.6) is 0 Å². The maximum Gasteiger partial charge on any atom is 0.136 e. The molecule has 0 spiro atoms. The highest BCUT2D eigenvalue weighted by Gasteiger charge is 2.22. The predicted octanol–water partition coefficient (Wildman–Crippen LogP) is 16.3. The van der Waals surface area contributed by atoms with Crippen LogP contribution in [-0.2, 0) is 0 Å². The normalized spacial score (nSPS) is 14.0. The van der Waals surface area contributed by atoms with E-state index in [1.807, 2.05) is 12.1 Å². The molecule has 0 saturated carbocycles. The van der Waals surface area contributed by atoms with E-state index < -0.39 is 0 Å². The lowest BCUT2D eigenvalue weighted by molar-refractivity contribution is 0.669. The number of anilines is 3. The first-order valence-electron chi connectivity index (χ1n) is 20.6. The van der Waals surface area contributed by atoms with E-state index in [-0.39, 0.29) is 0 Å². The van der Waals surface area contributed by atoms with Gasteiger partial charge in [-0.3, -0.25) is 0 Å². The molecule has 10 aromatic rings. The topological polar surface area (TPSA) is 16.4 Å². The van der Waals surface area contributed by atoms with Gasteiger partial charge in [0.15, 0.2) is 0 Å². The average molecular weight is 756 g/mol. The number of hydrogen-bond donors (Lipinski definition) is 0. The van der Waals surface area contributed by atoms with Crippen molar-refractivity contribution in [2.45, 2.75) is 13.3 Å². The van der Waals surface area contributed by atoms with E-state index in [9.17, 15) is 0 Å². The second-order valence-electron chi connectivity index (χ2n) is 15.7. The molecule has 280 valence electrons. The molecule has 2 heteroatoms. The van der Waals surface area contributed by atoms with Crippen molar-refractivity contribution in [1.29, 1.82) is 0 Å². The lowest BCUT2D eigenvalue weighted by atomic mass is 9.86. The minimum absolute atomic E-state index is 0.404. The van der Waals surface area contributed by atoms with Crippen LogP contribution < -0.4 is 4.90 Å². The molecule has 1 aliphatic carbocycles. The average Bonchev–Trinajstić information content (AvgIpc) is 3.67. The van der Waals surface area contributed by atoms with Crippen molar-refractivity contribution in [3.8, 4) is 33.4 Å². The zero-order valence-electron chi connectivity index (χ0n) is 32.8. The van der Waals surface area contributed by atoms with Gasteiger partial charge in [0, 0.05) is 27.7 Å². The Bertz CT molecular complexity index is 3270. The van der Waals surface area contributed by atoms with Crippen molar-refractivity contribution >= 4 is 66.1 Å². The predicted molar refractivity (Wildman–Crippen MR) is 251 cm³/mol. The Labute approximate surface area is 344 Å². The van der Waals surface area contributed by atoms with Crippen molar-refractivity contribution in [3.05, 3.63) is 218 Å². The number of nitrogens with zero attached hydrogens (tertiary/aromatic N) is 1. The maximum atomic E-state index is 6.44. The molecule has 1 aliphatic rings. The summed E-state index contributed by atoms with van der Waals surface area (Å²) < 4.78 is 6.44. The number of fused-ring (bicyclic) bond motifs is 6. The lowest BCUT2D eigenvalue weighted by Crippen LogP contribution is -2.12. The monoisotopic (exact) mass is 755 g/mol. The SMILES string of the molecule is CC1CC=CC=C1c1cc(-c2ccccc2)cc(N(c2cccc(-c3cccc4c3ccc3ccccc34)c2)c2ccccc2-c2ccc3c(c2)oc2ccccc23)c1. The summed E-state index contributed by atoms with van der Waals surface area (Å²) in [6.07, 6.45) is 7.81. The van der Waals surface area contributed by atoms with Gasteiger partial charge < -0.3 is 9.32 Å². The second-order valence-corrected chi connectivity index (χ2v) is 15.7. The molecule has 1 unspecified atom stereocenters. The number of hydrogen-bond acceptors (Lipinski definition) is 2. The largest absolute Gasteiger partial charge is 0.456 e. The fourth-order valence-electron chi connectivity index (χ4n) is 9.17. The molecule has 1 aromatic heterocycles. The Kier molecular flexibility index (Phi) is 8.56. The van der Waals surface area contributed by atoms with Crippen LogP contribution >= 0.6 is 0 Å². The van der Waals surface area contributed by atoms with Crippen LogP contribution in [0.3, 0.4) is 0 Å². The molecule has 0 fully saturated rings. The van der Waals surface area contributed by atoms with Crippen LogP contribution in [0.1, 0.15) is 18.9 Å². The summed E-state index contributed by atoms with van der Waals surface area (Å²) in [6.45, 7) is 2.34. The van der Waals surface area contributed by atoms with Crippen LogP contribution in [0, 0.1) is 5.92 Å². The summed E-state index contributed by atoms with van der Waals surface area (Å²) in [6, 6.07) is 70.6. The first-order valence-corrected chi connectivity index (χ1v) is 20.6. The third kappa shape index (κ3) is 6.22. The summed E-state index contributed by atoms with van der Waals surface area (Å²) >= 11 is 0. The molecule has 0 amide bonds. The Balaban J connectivity index is 1.15. The minimum atomic E-state index is 0.404. The Hall–Kier alpha value is -7.42. The van der Waals surface area contributed by atoms with Gasteiger partial charge in [-0.15, -0.1) is 0 Å². The molecular weight excluding hydrogens is 715 g/mol. The van der Waals surface area contributed by atoms with Gasteiger partial charge in [-0.1, -0.05) is 165 Å². The lowest BCUT2D eigenvalue weighted by Gasteiger charge is -2.30. The van der Waals surface area contributed by atoms with E-state index >= 15 is 0 Å². The van der Waals surface area contributed by atoms with Crippen LogP contribution in [0.15, 0.2) is 217 Å². The van der Waals surface area contributed by atoms with E-state index in [1.165, 1.54) is 54.9 Å². The minimum Gasteiger partial charge on any atom is -0.456 e. The molecule has 59 heavy (non-hydrogen) atoms. The first kappa shape index (κ1) is 34.8. The fourth-order valence-corrected chi connectivity index (χ4v) is 9.17. The molecule has 1 heterocycles. The third-order valence-corrected chi connectivity index (χ3v) is 12.1. The van der Waals surface area contributed by atoms with Crippen molar-refractivity contribution in [2.24, 2.45) is 5.92 Å². The highest BCUT2D eigenvalue weighted by molar-refractivity contribution is 6.12. The number of furan rings is 1. The highest BCUT2D eigenvalue weighted by atomic mass is 16.3. The zero-order valence-corrected chi connectivity index (χ0v) is 32.8. The Morgan fingerprint density at radius 3 is 2.03 bits per heavy atom. The Morgan fingerprint density at radius 1 is 0.441 bits per heavy atom. The Morgan fingerprint density at radius 2 is 1.12 bits per heavy atom. The number of benzene rings is 9. The van der Waals surface area contributed by atoms with Crippen molar-refractivity contribution in [1.82, 2.24) is 0 Å². The molecule has 9 aromatic carbocycles. The number of allylic oxidation sites excluding steroid dienone is 4. The van der Waals surface area contributed by atoms with Gasteiger partial charge in [-0.2, -0.15) is 0 Å².